The predicted molar refractivity (Wildman–Crippen MR) is 187 cm³/mol. The Morgan fingerprint density at radius 1 is 0.814 bits per heavy atom. The second-order valence-electron chi connectivity index (χ2n) is 16.6. The van der Waals surface area contributed by atoms with Crippen LogP contribution in [0.5, 0.6) is 5.75 Å². The van der Waals surface area contributed by atoms with Gasteiger partial charge < -0.3 is 16.2 Å². The second-order valence-corrected chi connectivity index (χ2v) is 16.6. The first-order valence-corrected chi connectivity index (χ1v) is 18.8. The smallest absolute Gasteiger partial charge is 0.142 e. The average Bonchev–Trinajstić information content (AvgIpc) is 3.34. The summed E-state index contributed by atoms with van der Waals surface area (Å²) in [6, 6.07) is 5.70. The summed E-state index contributed by atoms with van der Waals surface area (Å²) in [6.45, 7) is 19.4. The minimum Gasteiger partial charge on any atom is -0.488 e. The molecule has 0 saturated heterocycles. The Bertz CT molecular complexity index is 1010. The Morgan fingerprint density at radius 2 is 1.51 bits per heavy atom. The monoisotopic (exact) mass is 595 g/mol. The fraction of sp³-hybridized carbons (Fsp3) is 0.850. The second kappa shape index (κ2) is 14.8. The summed E-state index contributed by atoms with van der Waals surface area (Å²) >= 11 is 0. The third-order valence-corrected chi connectivity index (χ3v) is 13.9. The summed E-state index contributed by atoms with van der Waals surface area (Å²) in [7, 11) is 0. The number of hydrogen-bond donors (Lipinski definition) is 2. The van der Waals surface area contributed by atoms with Crippen molar-refractivity contribution in [3.63, 3.8) is 0 Å². The molecule has 1 aromatic carbocycles. The van der Waals surface area contributed by atoms with Crippen LogP contribution in [0, 0.1) is 58.2 Å². The molecule has 4 N–H and O–H groups in total. The van der Waals surface area contributed by atoms with Crippen molar-refractivity contribution in [2.24, 2.45) is 58.2 Å². The van der Waals surface area contributed by atoms with Crippen molar-refractivity contribution in [3.8, 4) is 5.75 Å². The van der Waals surface area contributed by atoms with Crippen molar-refractivity contribution < 1.29 is 4.74 Å². The van der Waals surface area contributed by atoms with Gasteiger partial charge >= 0.3 is 0 Å². The molecule has 246 valence electrons. The standard InChI is InChI=1S/C35H58N2O.C5H12/c1-6-23(3)9-8-10-24(7-2)29-14-15-30-28-13-11-25-21-27(38-33-16-12-26(36)22-32(33)37)17-19-34(25,4)31(28)18-20-35(29,30)5;1-4-5(2)3/h12,16,22-25,27-31H,6-11,13-15,17-21,36-37H2,1-5H3;5H,4H2,1-3H3. The Hall–Kier alpha value is -1.38. The normalized spacial score (nSPS) is 36.5. The molecule has 0 aromatic heterocycles. The van der Waals surface area contributed by atoms with Gasteiger partial charge in [0, 0.05) is 5.69 Å². The molecule has 0 amide bonds. The van der Waals surface area contributed by atoms with Crippen LogP contribution in [-0.2, 0) is 0 Å². The zero-order valence-corrected chi connectivity index (χ0v) is 29.6. The molecular formula is C40H70N2O. The van der Waals surface area contributed by atoms with E-state index < -0.39 is 0 Å². The Balaban J connectivity index is 0.000000782. The van der Waals surface area contributed by atoms with Crippen LogP contribution in [0.1, 0.15) is 152 Å². The van der Waals surface area contributed by atoms with Crippen LogP contribution in [0.3, 0.4) is 0 Å². The summed E-state index contributed by atoms with van der Waals surface area (Å²) < 4.78 is 6.48. The van der Waals surface area contributed by atoms with Crippen LogP contribution >= 0.6 is 0 Å². The fourth-order valence-electron chi connectivity index (χ4n) is 10.6. The van der Waals surface area contributed by atoms with Gasteiger partial charge in [-0.1, -0.05) is 93.9 Å². The zero-order valence-electron chi connectivity index (χ0n) is 29.6. The van der Waals surface area contributed by atoms with Crippen LogP contribution in [0.4, 0.5) is 11.4 Å². The Labute approximate surface area is 267 Å². The maximum Gasteiger partial charge on any atom is 0.142 e. The van der Waals surface area contributed by atoms with Crippen LogP contribution < -0.4 is 16.2 Å². The van der Waals surface area contributed by atoms with Crippen LogP contribution in [0.25, 0.3) is 0 Å². The van der Waals surface area contributed by atoms with Gasteiger partial charge in [-0.3, -0.25) is 0 Å². The first-order valence-electron chi connectivity index (χ1n) is 18.8. The van der Waals surface area contributed by atoms with Gasteiger partial charge in [-0.15, -0.1) is 0 Å². The fourth-order valence-corrected chi connectivity index (χ4v) is 10.6. The number of nitrogens with two attached hydrogens (primary N) is 2. The highest BCUT2D eigenvalue weighted by Crippen LogP contribution is 2.68. The van der Waals surface area contributed by atoms with E-state index in [1.54, 1.807) is 0 Å². The van der Waals surface area contributed by atoms with Gasteiger partial charge in [-0.05, 0) is 134 Å². The van der Waals surface area contributed by atoms with Crippen LogP contribution in [0.2, 0.25) is 0 Å². The molecule has 0 radical (unpaired) electrons. The highest BCUT2D eigenvalue weighted by atomic mass is 16.5. The molecule has 0 spiro atoms. The molecule has 43 heavy (non-hydrogen) atoms. The number of nitrogen functional groups attached to an aromatic ring is 2. The lowest BCUT2D eigenvalue weighted by atomic mass is 9.44. The zero-order chi connectivity index (χ0) is 31.4. The van der Waals surface area contributed by atoms with Crippen molar-refractivity contribution in [2.45, 2.75) is 158 Å². The van der Waals surface area contributed by atoms with E-state index in [0.717, 1.165) is 53.1 Å². The third-order valence-electron chi connectivity index (χ3n) is 13.9. The maximum atomic E-state index is 6.48. The minimum atomic E-state index is 0.293. The Kier molecular flexibility index (Phi) is 11.9. The van der Waals surface area contributed by atoms with Gasteiger partial charge in [0.25, 0.3) is 0 Å². The van der Waals surface area contributed by atoms with E-state index in [9.17, 15) is 0 Å². The highest BCUT2D eigenvalue weighted by molar-refractivity contribution is 5.60. The first kappa shape index (κ1) is 34.5. The van der Waals surface area contributed by atoms with Crippen molar-refractivity contribution in [3.05, 3.63) is 18.2 Å². The lowest BCUT2D eigenvalue weighted by Gasteiger charge is -2.61. The van der Waals surface area contributed by atoms with Gasteiger partial charge in [0.1, 0.15) is 5.75 Å². The number of anilines is 2. The van der Waals surface area contributed by atoms with Crippen molar-refractivity contribution in [2.75, 3.05) is 11.5 Å². The maximum absolute atomic E-state index is 6.48. The van der Waals surface area contributed by atoms with E-state index in [2.05, 4.69) is 55.4 Å². The van der Waals surface area contributed by atoms with Gasteiger partial charge in [-0.25, -0.2) is 0 Å². The summed E-state index contributed by atoms with van der Waals surface area (Å²) in [6.07, 6.45) is 21.2. The van der Waals surface area contributed by atoms with Crippen LogP contribution in [-0.4, -0.2) is 6.10 Å². The molecule has 10 atom stereocenters. The molecule has 3 nitrogen and oxygen atoms in total. The van der Waals surface area contributed by atoms with E-state index in [1.807, 2.05) is 18.2 Å². The van der Waals surface area contributed by atoms with Crippen molar-refractivity contribution in [1.29, 1.82) is 0 Å². The summed E-state index contributed by atoms with van der Waals surface area (Å²) in [5.41, 5.74) is 14.6. The lowest BCUT2D eigenvalue weighted by Crippen LogP contribution is -2.54. The quantitative estimate of drug-likeness (QED) is 0.265. The molecule has 1 aromatic rings. The topological polar surface area (TPSA) is 61.3 Å². The van der Waals surface area contributed by atoms with Crippen molar-refractivity contribution >= 4 is 11.4 Å². The minimum absolute atomic E-state index is 0.293. The van der Waals surface area contributed by atoms with Gasteiger partial charge in [-0.2, -0.15) is 0 Å². The Morgan fingerprint density at radius 3 is 2.16 bits per heavy atom. The number of hydrogen-bond acceptors (Lipinski definition) is 3. The first-order chi connectivity index (χ1) is 20.5. The van der Waals surface area contributed by atoms with E-state index in [-0.39, 0.29) is 0 Å². The largest absolute Gasteiger partial charge is 0.488 e. The molecule has 4 aliphatic carbocycles. The van der Waals surface area contributed by atoms with Crippen molar-refractivity contribution in [1.82, 2.24) is 0 Å². The molecule has 4 aliphatic rings. The van der Waals surface area contributed by atoms with Crippen LogP contribution in [0.15, 0.2) is 18.2 Å². The molecular weight excluding hydrogens is 524 g/mol. The number of rotatable bonds is 10. The third kappa shape index (κ3) is 7.54. The molecule has 4 saturated carbocycles. The highest BCUT2D eigenvalue weighted by Gasteiger charge is 2.60. The molecule has 3 heteroatoms. The molecule has 0 bridgehead atoms. The van der Waals surface area contributed by atoms with E-state index in [1.165, 1.54) is 96.3 Å². The van der Waals surface area contributed by atoms with Gasteiger partial charge in [0.2, 0.25) is 0 Å². The number of ether oxygens (including phenoxy) is 1. The SMILES string of the molecule is CCC(C)C.CCC(C)CCCC(CC)C1CCC2C3CCC4CC(Oc5ccc(N)cc5N)CCC4(C)C3CCC12C. The summed E-state index contributed by atoms with van der Waals surface area (Å²) in [4.78, 5) is 0. The molecule has 4 fully saturated rings. The van der Waals surface area contributed by atoms with E-state index in [4.69, 9.17) is 16.2 Å². The van der Waals surface area contributed by atoms with E-state index in [0.29, 0.717) is 28.3 Å². The predicted octanol–water partition coefficient (Wildman–Crippen LogP) is 11.6. The average molecular weight is 595 g/mol. The number of fused-ring (bicyclic) bond motifs is 5. The number of benzene rings is 1. The van der Waals surface area contributed by atoms with Gasteiger partial charge in [0.05, 0.1) is 11.8 Å². The molecule has 0 heterocycles. The molecule has 0 aliphatic heterocycles. The lowest BCUT2D eigenvalue weighted by molar-refractivity contribution is -0.127. The molecule has 5 rings (SSSR count). The van der Waals surface area contributed by atoms with E-state index >= 15 is 0 Å². The molecule has 10 unspecified atom stereocenters. The van der Waals surface area contributed by atoms with Gasteiger partial charge in [0.15, 0.2) is 0 Å². The summed E-state index contributed by atoms with van der Waals surface area (Å²) in [5.74, 6) is 8.17. The summed E-state index contributed by atoms with van der Waals surface area (Å²) in [5, 5.41) is 0.